The number of aromatic hydroxyl groups is 1. The molecule has 2 N–H and O–H groups in total. The van der Waals surface area contributed by atoms with E-state index in [0.29, 0.717) is 0 Å². The third kappa shape index (κ3) is 2.25. The van der Waals surface area contributed by atoms with E-state index in [1.54, 1.807) is 18.3 Å². The van der Waals surface area contributed by atoms with Crippen molar-refractivity contribution in [2.45, 2.75) is 26.2 Å². The first-order valence-electron chi connectivity index (χ1n) is 6.91. The van der Waals surface area contributed by atoms with Gasteiger partial charge in [-0.25, -0.2) is 0 Å². The van der Waals surface area contributed by atoms with Crippen molar-refractivity contribution in [3.05, 3.63) is 42.2 Å². The zero-order valence-electron chi connectivity index (χ0n) is 11.4. The van der Waals surface area contributed by atoms with Crippen LogP contribution in [0.3, 0.4) is 0 Å². The quantitative estimate of drug-likeness (QED) is 0.758. The van der Waals surface area contributed by atoms with Crippen molar-refractivity contribution in [1.29, 1.82) is 0 Å². The second kappa shape index (κ2) is 5.33. The molecule has 0 fully saturated rings. The maximum Gasteiger partial charge on any atom is 0.116 e. The summed E-state index contributed by atoms with van der Waals surface area (Å²) >= 11 is 0. The second-order valence-corrected chi connectivity index (χ2v) is 4.91. The number of aryl methyl sites for hydroxylation is 1. The molecule has 2 aromatic heterocycles. The first-order chi connectivity index (χ1) is 9.79. The van der Waals surface area contributed by atoms with Crippen LogP contribution >= 0.6 is 0 Å². The summed E-state index contributed by atoms with van der Waals surface area (Å²) in [7, 11) is 0. The summed E-state index contributed by atoms with van der Waals surface area (Å²) < 4.78 is 0. The fourth-order valence-electron chi connectivity index (χ4n) is 2.43. The minimum absolute atomic E-state index is 0.250. The molecule has 0 aliphatic heterocycles. The van der Waals surface area contributed by atoms with Crippen LogP contribution in [0, 0.1) is 0 Å². The normalized spacial score (nSPS) is 11.1. The van der Waals surface area contributed by atoms with Crippen molar-refractivity contribution < 1.29 is 5.11 Å². The smallest absolute Gasteiger partial charge is 0.116 e. The summed E-state index contributed by atoms with van der Waals surface area (Å²) in [5, 5.41) is 18.2. The largest absolute Gasteiger partial charge is 0.508 e. The van der Waals surface area contributed by atoms with Crippen molar-refractivity contribution in [1.82, 2.24) is 15.2 Å². The van der Waals surface area contributed by atoms with E-state index in [1.165, 1.54) is 0 Å². The van der Waals surface area contributed by atoms with Gasteiger partial charge >= 0.3 is 0 Å². The van der Waals surface area contributed by atoms with E-state index in [0.717, 1.165) is 47.1 Å². The zero-order chi connectivity index (χ0) is 13.9. The van der Waals surface area contributed by atoms with Crippen LogP contribution in [0.5, 0.6) is 5.75 Å². The van der Waals surface area contributed by atoms with E-state index in [4.69, 9.17) is 0 Å². The molecule has 0 atom stereocenters. The molecule has 0 bridgehead atoms. The van der Waals surface area contributed by atoms with Gasteiger partial charge in [-0.3, -0.25) is 10.1 Å². The first-order valence-corrected chi connectivity index (χ1v) is 6.91. The maximum absolute atomic E-state index is 9.66. The molecule has 0 saturated heterocycles. The van der Waals surface area contributed by atoms with Gasteiger partial charge in [-0.1, -0.05) is 25.5 Å². The number of fused-ring (bicyclic) bond motifs is 1. The lowest BCUT2D eigenvalue weighted by Gasteiger charge is -2.05. The Kier molecular flexibility index (Phi) is 3.37. The van der Waals surface area contributed by atoms with E-state index in [1.807, 2.05) is 18.2 Å². The molecule has 4 nitrogen and oxygen atoms in total. The minimum Gasteiger partial charge on any atom is -0.508 e. The van der Waals surface area contributed by atoms with Crippen LogP contribution in [-0.2, 0) is 6.42 Å². The number of rotatable bonds is 4. The molecule has 0 unspecified atom stereocenters. The maximum atomic E-state index is 9.66. The predicted octanol–water partition coefficient (Wildman–Crippen LogP) is 3.67. The Morgan fingerprint density at radius 1 is 1.25 bits per heavy atom. The molecule has 2 heterocycles. The average Bonchev–Trinajstić information content (AvgIpc) is 2.88. The number of phenolic OH excluding ortho intramolecular Hbond substituents is 1. The number of hydrogen-bond acceptors (Lipinski definition) is 3. The summed E-state index contributed by atoms with van der Waals surface area (Å²) in [4.78, 5) is 4.49. The van der Waals surface area contributed by atoms with Gasteiger partial charge in [0, 0.05) is 22.8 Å². The van der Waals surface area contributed by atoms with Crippen LogP contribution < -0.4 is 0 Å². The van der Waals surface area contributed by atoms with Crippen molar-refractivity contribution >= 4 is 10.9 Å². The second-order valence-electron chi connectivity index (χ2n) is 4.91. The molecule has 1 aromatic carbocycles. The fraction of sp³-hybridized carbons (Fsp3) is 0.250. The summed E-state index contributed by atoms with van der Waals surface area (Å²) in [5.41, 5.74) is 3.82. The summed E-state index contributed by atoms with van der Waals surface area (Å²) in [5.74, 6) is 0.250. The van der Waals surface area contributed by atoms with Gasteiger partial charge in [-0.15, -0.1) is 0 Å². The Morgan fingerprint density at radius 2 is 2.15 bits per heavy atom. The van der Waals surface area contributed by atoms with Crippen molar-refractivity contribution in [2.24, 2.45) is 0 Å². The lowest BCUT2D eigenvalue weighted by atomic mass is 10.0. The molecule has 0 radical (unpaired) electrons. The summed E-state index contributed by atoms with van der Waals surface area (Å²) in [6.07, 6.45) is 4.98. The molecular weight excluding hydrogens is 250 g/mol. The van der Waals surface area contributed by atoms with Crippen molar-refractivity contribution in [2.75, 3.05) is 0 Å². The number of aromatic nitrogens is 3. The highest BCUT2D eigenvalue weighted by atomic mass is 16.3. The van der Waals surface area contributed by atoms with Crippen molar-refractivity contribution in [3.63, 3.8) is 0 Å². The standard InChI is InChI=1S/C16H17N3O/c1-2-3-7-13-15-14(19-18-13)8-9-17-16(15)11-5-4-6-12(20)10-11/h4-6,8-10,20H,2-3,7H2,1H3,(H,18,19). The number of pyridine rings is 1. The molecule has 3 aromatic rings. The average molecular weight is 267 g/mol. The van der Waals surface area contributed by atoms with Gasteiger partial charge in [0.05, 0.1) is 11.2 Å². The SMILES string of the molecule is CCCCc1[nH]nc2ccnc(-c3cccc(O)c3)c12. The van der Waals surface area contributed by atoms with E-state index < -0.39 is 0 Å². The number of unbranched alkanes of at least 4 members (excludes halogenated alkanes) is 1. The molecule has 102 valence electrons. The lowest BCUT2D eigenvalue weighted by molar-refractivity contribution is 0.475. The predicted molar refractivity (Wildman–Crippen MR) is 79.6 cm³/mol. The Morgan fingerprint density at radius 3 is 2.95 bits per heavy atom. The van der Waals surface area contributed by atoms with Crippen LogP contribution in [0.4, 0.5) is 0 Å². The number of benzene rings is 1. The number of hydrogen-bond donors (Lipinski definition) is 2. The third-order valence-electron chi connectivity index (χ3n) is 3.44. The number of nitrogens with one attached hydrogen (secondary N) is 1. The van der Waals surface area contributed by atoms with Crippen LogP contribution in [0.1, 0.15) is 25.5 Å². The molecule has 20 heavy (non-hydrogen) atoms. The van der Waals surface area contributed by atoms with Gasteiger partial charge in [0.1, 0.15) is 5.75 Å². The molecule has 0 amide bonds. The highest BCUT2D eigenvalue weighted by Crippen LogP contribution is 2.30. The molecule has 4 heteroatoms. The molecular formula is C16H17N3O. The highest BCUT2D eigenvalue weighted by molar-refractivity contribution is 5.94. The number of nitrogens with zero attached hydrogens (tertiary/aromatic N) is 2. The fourth-order valence-corrected chi connectivity index (χ4v) is 2.43. The van der Waals surface area contributed by atoms with Gasteiger partial charge in [0.15, 0.2) is 0 Å². The lowest BCUT2D eigenvalue weighted by Crippen LogP contribution is -1.90. The number of phenols is 1. The van der Waals surface area contributed by atoms with Gasteiger partial charge in [-0.05, 0) is 31.0 Å². The van der Waals surface area contributed by atoms with Crippen LogP contribution in [-0.4, -0.2) is 20.3 Å². The summed E-state index contributed by atoms with van der Waals surface area (Å²) in [6, 6.07) is 9.10. The minimum atomic E-state index is 0.250. The van der Waals surface area contributed by atoms with Gasteiger partial charge < -0.3 is 5.11 Å². The van der Waals surface area contributed by atoms with Gasteiger partial charge in [0.25, 0.3) is 0 Å². The Bertz CT molecular complexity index is 733. The van der Waals surface area contributed by atoms with Gasteiger partial charge in [0.2, 0.25) is 0 Å². The highest BCUT2D eigenvalue weighted by Gasteiger charge is 2.12. The molecule has 0 aliphatic rings. The zero-order valence-corrected chi connectivity index (χ0v) is 11.4. The van der Waals surface area contributed by atoms with E-state index in [9.17, 15) is 5.11 Å². The Hall–Kier alpha value is -2.36. The summed E-state index contributed by atoms with van der Waals surface area (Å²) in [6.45, 7) is 2.17. The topological polar surface area (TPSA) is 61.8 Å². The van der Waals surface area contributed by atoms with Gasteiger partial charge in [-0.2, -0.15) is 5.10 Å². The molecule has 3 rings (SSSR count). The Labute approximate surface area is 117 Å². The number of aromatic amines is 1. The number of H-pyrrole nitrogens is 1. The molecule has 0 aliphatic carbocycles. The van der Waals surface area contributed by atoms with E-state index in [-0.39, 0.29) is 5.75 Å². The van der Waals surface area contributed by atoms with Crippen molar-refractivity contribution in [3.8, 4) is 17.0 Å². The van der Waals surface area contributed by atoms with E-state index >= 15 is 0 Å². The molecule has 0 saturated carbocycles. The van der Waals surface area contributed by atoms with Crippen LogP contribution in [0.25, 0.3) is 22.2 Å². The monoisotopic (exact) mass is 267 g/mol. The van der Waals surface area contributed by atoms with Crippen LogP contribution in [0.15, 0.2) is 36.5 Å². The Balaban J connectivity index is 2.17. The van der Waals surface area contributed by atoms with Crippen LogP contribution in [0.2, 0.25) is 0 Å². The third-order valence-corrected chi connectivity index (χ3v) is 3.44. The molecule has 0 spiro atoms. The van der Waals surface area contributed by atoms with E-state index in [2.05, 4.69) is 22.1 Å². The first kappa shape index (κ1) is 12.7.